The molecular weight excluding hydrogens is 724 g/mol. The third-order valence-electron chi connectivity index (χ3n) is 6.13. The first-order valence-electron chi connectivity index (χ1n) is 12.6. The highest BCUT2D eigenvalue weighted by molar-refractivity contribution is 7.87. The highest BCUT2D eigenvalue weighted by Crippen LogP contribution is 2.36. The summed E-state index contributed by atoms with van der Waals surface area (Å²) in [7, 11) is -15.4. The zero-order chi connectivity index (χ0) is 35.0. The van der Waals surface area contributed by atoms with E-state index in [2.05, 4.69) is 35.7 Å². The summed E-state index contributed by atoms with van der Waals surface area (Å²) in [6.07, 6.45) is -1.30. The van der Waals surface area contributed by atoms with Crippen molar-refractivity contribution in [3.05, 3.63) is 89.8 Å². The van der Waals surface area contributed by atoms with Crippen LogP contribution < -0.4 is 5.32 Å². The van der Waals surface area contributed by atoms with Crippen LogP contribution in [-0.2, 0) is 30.4 Å². The van der Waals surface area contributed by atoms with Gasteiger partial charge in [-0.3, -0.25) is 13.7 Å². The lowest BCUT2D eigenvalue weighted by atomic mass is 10.1. The minimum absolute atomic E-state index is 0.200. The maximum atomic E-state index is 13.5. The van der Waals surface area contributed by atoms with Crippen LogP contribution in [0.25, 0.3) is 10.8 Å². The van der Waals surface area contributed by atoms with Gasteiger partial charge in [-0.15, -0.1) is 0 Å². The molecule has 4 N–H and O–H groups in total. The molecule has 48 heavy (non-hydrogen) atoms. The molecule has 0 fully saturated rings. The lowest BCUT2D eigenvalue weighted by Gasteiger charge is -2.11. The fraction of sp³-hybridized carbons (Fsp3) is 0. The van der Waals surface area contributed by atoms with Crippen LogP contribution in [-0.4, -0.2) is 48.9 Å². The van der Waals surface area contributed by atoms with Gasteiger partial charge in [-0.05, 0) is 72.8 Å². The van der Waals surface area contributed by atoms with Crippen LogP contribution in [0.1, 0.15) is 0 Å². The van der Waals surface area contributed by atoms with Crippen molar-refractivity contribution in [2.24, 2.45) is 20.5 Å². The van der Waals surface area contributed by atoms with Crippen molar-refractivity contribution in [2.75, 3.05) is 5.32 Å². The minimum Gasteiger partial charge on any atom is -0.339 e. The quantitative estimate of drug-likeness (QED) is 0.0523. The molecule has 22 heteroatoms. The first kappa shape index (κ1) is 34.4. The SMILES string of the molecule is O=S(=O)(O)c1cc(S(=O)(=O)O)c2cc(N=Nc3ccc(N=Nc4ccc(Nc5nc(F)nc(F)c5Cl)cc4)cc3)cc(S(=O)(=O)O)c2c1. The predicted octanol–water partition coefficient (Wildman–Crippen LogP) is 6.88. The van der Waals surface area contributed by atoms with Gasteiger partial charge in [-0.25, -0.2) is 0 Å². The highest BCUT2D eigenvalue weighted by Gasteiger charge is 2.25. The van der Waals surface area contributed by atoms with Gasteiger partial charge in [0, 0.05) is 16.5 Å². The summed E-state index contributed by atoms with van der Waals surface area (Å²) in [6, 6.07) is 14.7. The third-order valence-corrected chi connectivity index (χ3v) is 9.08. The van der Waals surface area contributed by atoms with E-state index in [9.17, 15) is 47.7 Å². The summed E-state index contributed by atoms with van der Waals surface area (Å²) in [5.74, 6) is -1.50. The molecule has 0 aliphatic heterocycles. The van der Waals surface area contributed by atoms with Gasteiger partial charge in [0.2, 0.25) is 5.95 Å². The van der Waals surface area contributed by atoms with Gasteiger partial charge in [0.1, 0.15) is 14.8 Å². The zero-order valence-corrected chi connectivity index (χ0v) is 26.5. The molecule has 0 unspecified atom stereocenters. The second-order valence-corrected chi connectivity index (χ2v) is 14.0. The van der Waals surface area contributed by atoms with Gasteiger partial charge in [-0.2, -0.15) is 64.5 Å². The van der Waals surface area contributed by atoms with E-state index in [1.807, 2.05) is 0 Å². The Morgan fingerprint density at radius 1 is 0.604 bits per heavy atom. The Morgan fingerprint density at radius 2 is 1.06 bits per heavy atom. The summed E-state index contributed by atoms with van der Waals surface area (Å²) < 4.78 is 127. The monoisotopic (exact) mass is 739 g/mol. The minimum atomic E-state index is -5.19. The second kappa shape index (κ2) is 13.0. The average molecular weight is 740 g/mol. The number of anilines is 2. The largest absolute Gasteiger partial charge is 0.339 e. The number of rotatable bonds is 9. The molecule has 1 aromatic heterocycles. The van der Waals surface area contributed by atoms with Crippen LogP contribution in [0.4, 0.5) is 43.0 Å². The summed E-state index contributed by atoms with van der Waals surface area (Å²) in [6.45, 7) is 0. The molecule has 16 nitrogen and oxygen atoms in total. The summed E-state index contributed by atoms with van der Waals surface area (Å²) in [4.78, 5) is 3.15. The van der Waals surface area contributed by atoms with E-state index in [1.165, 1.54) is 48.5 Å². The van der Waals surface area contributed by atoms with Crippen molar-refractivity contribution in [3.8, 4) is 0 Å². The number of nitrogens with one attached hydrogen (secondary N) is 1. The molecule has 5 aromatic rings. The van der Waals surface area contributed by atoms with E-state index in [-0.39, 0.29) is 17.2 Å². The molecule has 1 heterocycles. The first-order chi connectivity index (χ1) is 22.4. The van der Waals surface area contributed by atoms with Gasteiger partial charge >= 0.3 is 6.08 Å². The van der Waals surface area contributed by atoms with Crippen LogP contribution in [0.2, 0.25) is 5.02 Å². The van der Waals surface area contributed by atoms with Gasteiger partial charge in [0.25, 0.3) is 30.4 Å². The van der Waals surface area contributed by atoms with Gasteiger partial charge in [0.05, 0.1) is 27.6 Å². The van der Waals surface area contributed by atoms with E-state index in [1.54, 1.807) is 0 Å². The van der Waals surface area contributed by atoms with E-state index in [0.29, 0.717) is 29.2 Å². The Morgan fingerprint density at radius 3 is 1.56 bits per heavy atom. The molecule has 0 atom stereocenters. The topological polar surface area (TPSA) is 250 Å². The van der Waals surface area contributed by atoms with Crippen molar-refractivity contribution in [3.63, 3.8) is 0 Å². The number of fused-ring (bicyclic) bond motifs is 1. The molecule has 0 bridgehead atoms. The van der Waals surface area contributed by atoms with Crippen LogP contribution in [0.5, 0.6) is 0 Å². The van der Waals surface area contributed by atoms with Gasteiger partial charge in [0.15, 0.2) is 5.82 Å². The van der Waals surface area contributed by atoms with Gasteiger partial charge in [-0.1, -0.05) is 11.6 Å². The number of azo groups is 2. The molecule has 0 saturated carbocycles. The number of benzene rings is 4. The molecular formula is C26H16ClF2N7O9S3. The lowest BCUT2D eigenvalue weighted by Crippen LogP contribution is -2.07. The van der Waals surface area contributed by atoms with Crippen molar-refractivity contribution in [1.82, 2.24) is 9.97 Å². The van der Waals surface area contributed by atoms with E-state index in [4.69, 9.17) is 11.6 Å². The Kier molecular flexibility index (Phi) is 9.29. The molecule has 248 valence electrons. The lowest BCUT2D eigenvalue weighted by molar-refractivity contribution is 0.478. The number of nitrogens with zero attached hydrogens (tertiary/aromatic N) is 6. The molecule has 0 aliphatic rings. The van der Waals surface area contributed by atoms with Crippen molar-refractivity contribution in [1.29, 1.82) is 0 Å². The first-order valence-corrected chi connectivity index (χ1v) is 17.3. The number of hydrogen-bond acceptors (Lipinski definition) is 13. The van der Waals surface area contributed by atoms with E-state index < -0.39 is 72.9 Å². The number of hydrogen-bond donors (Lipinski definition) is 4. The summed E-state index contributed by atoms with van der Waals surface area (Å²) in [5, 5.41) is 16.9. The highest BCUT2D eigenvalue weighted by atomic mass is 35.5. The smallest absolute Gasteiger partial charge is 0.313 e. The summed E-state index contributed by atoms with van der Waals surface area (Å²) in [5.41, 5.74) is 1.02. The maximum Gasteiger partial charge on any atom is 0.313 e. The Labute approximate surface area is 274 Å². The van der Waals surface area contributed by atoms with Gasteiger partial charge < -0.3 is 5.32 Å². The second-order valence-electron chi connectivity index (χ2n) is 9.42. The standard InChI is InChI=1S/C26H16ClF2N7O9S3/c27-23-24(28)31-26(29)32-25(23)30-13-1-3-14(4-2-13)33-34-15-5-7-16(8-6-15)35-36-17-9-19-20(21(10-17)47(40,41)42)11-18(46(37,38)39)12-22(19)48(43,44)45/h1-12H,(H,30,31,32)(H,37,38,39)(H,40,41,42)(H,43,44,45). The fourth-order valence-electron chi connectivity index (χ4n) is 4.03. The molecule has 0 amide bonds. The normalized spacial score (nSPS) is 12.7. The maximum absolute atomic E-state index is 13.5. The molecule has 5 rings (SSSR count). The Hall–Kier alpha value is -4.90. The van der Waals surface area contributed by atoms with Crippen LogP contribution in [0, 0.1) is 12.0 Å². The van der Waals surface area contributed by atoms with Crippen LogP contribution in [0.15, 0.2) is 108 Å². The summed E-state index contributed by atoms with van der Waals surface area (Å²) >= 11 is 5.75. The third kappa shape index (κ3) is 7.96. The van der Waals surface area contributed by atoms with E-state index >= 15 is 0 Å². The Balaban J connectivity index is 1.38. The number of halogens is 3. The fourth-order valence-corrected chi connectivity index (χ4v) is 6.21. The molecule has 0 radical (unpaired) electrons. The predicted molar refractivity (Wildman–Crippen MR) is 165 cm³/mol. The molecule has 0 aliphatic carbocycles. The van der Waals surface area contributed by atoms with E-state index in [0.717, 1.165) is 12.1 Å². The molecule has 0 saturated heterocycles. The van der Waals surface area contributed by atoms with Crippen LogP contribution >= 0.6 is 11.6 Å². The molecule has 0 spiro atoms. The molecule has 4 aromatic carbocycles. The van der Waals surface area contributed by atoms with Crippen LogP contribution in [0.3, 0.4) is 0 Å². The Bertz CT molecular complexity index is 2490. The average Bonchev–Trinajstić information content (AvgIpc) is 3.00. The van der Waals surface area contributed by atoms with Crippen molar-refractivity contribution >= 4 is 87.0 Å². The van der Waals surface area contributed by atoms with Crippen molar-refractivity contribution < 1.29 is 47.7 Å². The number of aromatic nitrogens is 2. The van der Waals surface area contributed by atoms with Crippen molar-refractivity contribution in [2.45, 2.75) is 14.7 Å². The zero-order valence-electron chi connectivity index (χ0n) is 23.3.